The highest BCUT2D eigenvalue weighted by Gasteiger charge is 2.51. The molecule has 8 heteroatoms. The SMILES string of the molecule is CC[C@@]1(c2ccc(F)cc2)NC(=O)N(CC(=O)Nc2ccc(Cl)cc2C)C1=O. The second kappa shape index (κ2) is 7.59. The minimum atomic E-state index is -1.32. The number of anilines is 1. The zero-order chi connectivity index (χ0) is 20.5. The molecule has 0 aliphatic carbocycles. The fourth-order valence-corrected chi connectivity index (χ4v) is 3.47. The Hall–Kier alpha value is -2.93. The summed E-state index contributed by atoms with van der Waals surface area (Å²) in [5, 5.41) is 5.87. The van der Waals surface area contributed by atoms with E-state index in [0.717, 1.165) is 10.5 Å². The van der Waals surface area contributed by atoms with Crippen LogP contribution in [0.25, 0.3) is 0 Å². The van der Waals surface area contributed by atoms with E-state index >= 15 is 0 Å². The number of urea groups is 1. The van der Waals surface area contributed by atoms with Crippen LogP contribution in [0.1, 0.15) is 24.5 Å². The van der Waals surface area contributed by atoms with Crippen LogP contribution < -0.4 is 10.6 Å². The average Bonchev–Trinajstić information content (AvgIpc) is 2.90. The fraction of sp³-hybridized carbons (Fsp3) is 0.250. The van der Waals surface area contributed by atoms with E-state index in [0.29, 0.717) is 16.3 Å². The molecule has 1 atom stereocenters. The highest BCUT2D eigenvalue weighted by atomic mass is 35.5. The summed E-state index contributed by atoms with van der Waals surface area (Å²) in [6, 6.07) is 9.68. The molecule has 0 unspecified atom stereocenters. The van der Waals surface area contributed by atoms with Crippen LogP contribution in [0.5, 0.6) is 0 Å². The van der Waals surface area contributed by atoms with Gasteiger partial charge in [-0.05, 0) is 54.8 Å². The zero-order valence-corrected chi connectivity index (χ0v) is 16.1. The number of nitrogens with one attached hydrogen (secondary N) is 2. The maximum atomic E-state index is 13.2. The standard InChI is InChI=1S/C20H19ClFN3O3/c1-3-20(13-4-7-15(22)8-5-13)18(27)25(19(28)24-20)11-17(26)23-16-9-6-14(21)10-12(16)2/h4-10H,3,11H2,1-2H3,(H,23,26)(H,24,28)/t20-/m0/s1. The van der Waals surface area contributed by atoms with Crippen LogP contribution in [0.4, 0.5) is 14.9 Å². The molecule has 0 radical (unpaired) electrons. The number of carbonyl (C=O) groups is 3. The van der Waals surface area contributed by atoms with E-state index in [4.69, 9.17) is 11.6 Å². The topological polar surface area (TPSA) is 78.5 Å². The van der Waals surface area contributed by atoms with Gasteiger partial charge in [0.1, 0.15) is 17.9 Å². The Bertz CT molecular complexity index is 948. The van der Waals surface area contributed by atoms with Gasteiger partial charge in [-0.15, -0.1) is 0 Å². The van der Waals surface area contributed by atoms with Crippen LogP contribution in [0.3, 0.4) is 0 Å². The Morgan fingerprint density at radius 2 is 1.89 bits per heavy atom. The highest BCUT2D eigenvalue weighted by molar-refractivity contribution is 6.30. The number of carbonyl (C=O) groups excluding carboxylic acids is 3. The normalized spacial score (nSPS) is 18.9. The Balaban J connectivity index is 1.79. The molecule has 1 aliphatic heterocycles. The van der Waals surface area contributed by atoms with Crippen molar-refractivity contribution in [1.82, 2.24) is 10.2 Å². The summed E-state index contributed by atoms with van der Waals surface area (Å²) >= 11 is 5.90. The predicted octanol–water partition coefficient (Wildman–Crippen LogP) is 3.58. The first-order chi connectivity index (χ1) is 13.3. The van der Waals surface area contributed by atoms with Crippen LogP contribution in [-0.2, 0) is 15.1 Å². The van der Waals surface area contributed by atoms with Crippen LogP contribution in [0, 0.1) is 12.7 Å². The van der Waals surface area contributed by atoms with E-state index in [1.54, 1.807) is 32.0 Å². The molecule has 4 amide bonds. The van der Waals surface area contributed by atoms with Crippen LogP contribution in [-0.4, -0.2) is 29.3 Å². The van der Waals surface area contributed by atoms with Gasteiger partial charge >= 0.3 is 6.03 Å². The molecule has 0 bridgehead atoms. The monoisotopic (exact) mass is 403 g/mol. The number of hydrogen-bond acceptors (Lipinski definition) is 3. The van der Waals surface area contributed by atoms with Crippen LogP contribution >= 0.6 is 11.6 Å². The quantitative estimate of drug-likeness (QED) is 0.749. The molecule has 2 aromatic rings. The van der Waals surface area contributed by atoms with E-state index in [-0.39, 0.29) is 6.42 Å². The Morgan fingerprint density at radius 1 is 1.21 bits per heavy atom. The van der Waals surface area contributed by atoms with Crippen molar-refractivity contribution in [2.45, 2.75) is 25.8 Å². The molecule has 0 saturated carbocycles. The summed E-state index contributed by atoms with van der Waals surface area (Å²) in [7, 11) is 0. The zero-order valence-electron chi connectivity index (χ0n) is 15.4. The van der Waals surface area contributed by atoms with Gasteiger partial charge in [0.15, 0.2) is 0 Å². The molecule has 28 heavy (non-hydrogen) atoms. The predicted molar refractivity (Wildman–Crippen MR) is 103 cm³/mol. The van der Waals surface area contributed by atoms with Crippen molar-refractivity contribution in [2.75, 3.05) is 11.9 Å². The highest BCUT2D eigenvalue weighted by Crippen LogP contribution is 2.32. The van der Waals surface area contributed by atoms with Gasteiger partial charge in [0.25, 0.3) is 5.91 Å². The number of hydrogen-bond donors (Lipinski definition) is 2. The summed E-state index contributed by atoms with van der Waals surface area (Å²) in [6.07, 6.45) is 0.262. The second-order valence-corrected chi connectivity index (χ2v) is 7.03. The Kier molecular flexibility index (Phi) is 5.38. The summed E-state index contributed by atoms with van der Waals surface area (Å²) in [4.78, 5) is 38.7. The molecule has 6 nitrogen and oxygen atoms in total. The van der Waals surface area contributed by atoms with Crippen molar-refractivity contribution >= 4 is 35.1 Å². The smallest absolute Gasteiger partial charge is 0.324 e. The minimum absolute atomic E-state index is 0.262. The van der Waals surface area contributed by atoms with E-state index in [1.165, 1.54) is 24.3 Å². The minimum Gasteiger partial charge on any atom is -0.324 e. The van der Waals surface area contributed by atoms with E-state index in [2.05, 4.69) is 10.6 Å². The van der Waals surface area contributed by atoms with Crippen LogP contribution in [0.2, 0.25) is 5.02 Å². The Morgan fingerprint density at radius 3 is 2.50 bits per heavy atom. The van der Waals surface area contributed by atoms with Gasteiger partial charge in [-0.1, -0.05) is 30.7 Å². The third-order valence-corrected chi connectivity index (χ3v) is 5.04. The first-order valence-corrected chi connectivity index (χ1v) is 9.11. The number of imide groups is 1. The summed E-state index contributed by atoms with van der Waals surface area (Å²) in [5.41, 5.74) is 0.446. The van der Waals surface area contributed by atoms with E-state index in [1.807, 2.05) is 0 Å². The van der Waals surface area contributed by atoms with Crippen molar-refractivity contribution < 1.29 is 18.8 Å². The Labute approximate surface area is 166 Å². The van der Waals surface area contributed by atoms with Crippen molar-refractivity contribution in [3.8, 4) is 0 Å². The average molecular weight is 404 g/mol. The molecule has 1 heterocycles. The lowest BCUT2D eigenvalue weighted by molar-refractivity contribution is -0.134. The summed E-state index contributed by atoms with van der Waals surface area (Å²) in [5.74, 6) is -1.50. The van der Waals surface area contributed by atoms with E-state index < -0.39 is 35.7 Å². The molecule has 3 rings (SSSR count). The lowest BCUT2D eigenvalue weighted by atomic mass is 9.87. The molecule has 1 fully saturated rings. The van der Waals surface area contributed by atoms with Gasteiger partial charge in [-0.25, -0.2) is 9.18 Å². The number of benzene rings is 2. The maximum Gasteiger partial charge on any atom is 0.325 e. The molecular weight excluding hydrogens is 385 g/mol. The van der Waals surface area contributed by atoms with Crippen molar-refractivity contribution in [3.63, 3.8) is 0 Å². The number of nitrogens with zero attached hydrogens (tertiary/aromatic N) is 1. The molecule has 1 aliphatic rings. The second-order valence-electron chi connectivity index (χ2n) is 6.59. The number of aryl methyl sites for hydroxylation is 1. The molecule has 0 aromatic heterocycles. The van der Waals surface area contributed by atoms with Crippen molar-refractivity contribution in [1.29, 1.82) is 0 Å². The van der Waals surface area contributed by atoms with Gasteiger partial charge in [0, 0.05) is 10.7 Å². The van der Waals surface area contributed by atoms with Gasteiger partial charge in [0.2, 0.25) is 5.91 Å². The third-order valence-electron chi connectivity index (χ3n) is 4.81. The summed E-state index contributed by atoms with van der Waals surface area (Å²) in [6.45, 7) is 3.09. The maximum absolute atomic E-state index is 13.2. The molecule has 2 N–H and O–H groups in total. The molecule has 0 spiro atoms. The van der Waals surface area contributed by atoms with Crippen molar-refractivity contribution in [3.05, 3.63) is 64.4 Å². The molecule has 2 aromatic carbocycles. The third kappa shape index (κ3) is 3.57. The molecule has 1 saturated heterocycles. The number of rotatable bonds is 5. The van der Waals surface area contributed by atoms with Crippen LogP contribution in [0.15, 0.2) is 42.5 Å². The number of amides is 4. The first kappa shape index (κ1) is 19.8. The van der Waals surface area contributed by atoms with E-state index in [9.17, 15) is 18.8 Å². The lowest BCUT2D eigenvalue weighted by Gasteiger charge is -2.25. The largest absolute Gasteiger partial charge is 0.325 e. The molecular formula is C20H19ClFN3O3. The van der Waals surface area contributed by atoms with Gasteiger partial charge in [-0.2, -0.15) is 0 Å². The number of halogens is 2. The van der Waals surface area contributed by atoms with Crippen molar-refractivity contribution in [2.24, 2.45) is 0 Å². The molecule has 146 valence electrons. The van der Waals surface area contributed by atoms with Gasteiger partial charge in [0.05, 0.1) is 0 Å². The lowest BCUT2D eigenvalue weighted by Crippen LogP contribution is -2.44. The van der Waals surface area contributed by atoms with Gasteiger partial charge < -0.3 is 10.6 Å². The first-order valence-electron chi connectivity index (χ1n) is 8.73. The fourth-order valence-electron chi connectivity index (χ4n) is 3.24. The van der Waals surface area contributed by atoms with Gasteiger partial charge in [-0.3, -0.25) is 14.5 Å². The summed E-state index contributed by atoms with van der Waals surface area (Å²) < 4.78 is 13.2.